The Morgan fingerprint density at radius 3 is 2.42 bits per heavy atom. The van der Waals surface area contributed by atoms with Gasteiger partial charge in [-0.3, -0.25) is 0 Å². The first-order valence-electron chi connectivity index (χ1n) is 8.80. The molecular weight excluding hydrogens is 300 g/mol. The van der Waals surface area contributed by atoms with Crippen LogP contribution in [0.5, 0.6) is 0 Å². The molecule has 0 atom stereocenters. The van der Waals surface area contributed by atoms with E-state index >= 15 is 0 Å². The van der Waals surface area contributed by atoms with Crippen molar-refractivity contribution in [2.45, 2.75) is 33.9 Å². The van der Waals surface area contributed by atoms with Crippen LogP contribution in [0.4, 0.5) is 17.3 Å². The van der Waals surface area contributed by atoms with Gasteiger partial charge in [0.15, 0.2) is 0 Å². The molecular formula is C18H27N6+. The number of benzene rings is 1. The minimum absolute atomic E-state index is 0.887. The van der Waals surface area contributed by atoms with Crippen molar-refractivity contribution in [1.29, 1.82) is 0 Å². The van der Waals surface area contributed by atoms with Gasteiger partial charge in [0, 0.05) is 37.0 Å². The highest BCUT2D eigenvalue weighted by molar-refractivity contribution is 5.53. The van der Waals surface area contributed by atoms with Crippen LogP contribution in [0.1, 0.15) is 19.5 Å². The van der Waals surface area contributed by atoms with Crippen LogP contribution in [0.3, 0.4) is 0 Å². The first-order chi connectivity index (χ1) is 11.7. The molecule has 3 rings (SSSR count). The molecule has 1 aliphatic heterocycles. The molecule has 128 valence electrons. The minimum Gasteiger partial charge on any atom is -0.369 e. The molecule has 0 radical (unpaired) electrons. The lowest BCUT2D eigenvalue weighted by molar-refractivity contribution is -0.686. The summed E-state index contributed by atoms with van der Waals surface area (Å²) in [5.41, 5.74) is 3.35. The quantitative estimate of drug-likeness (QED) is 0.678. The number of piperazine rings is 1. The average Bonchev–Trinajstić information content (AvgIpc) is 2.95. The maximum Gasteiger partial charge on any atom is 0.421 e. The molecule has 6 nitrogen and oxygen atoms in total. The SMILES string of the molecule is CCn1cc(C)[n+](CC)c1/N=N/c1ccc(N2CCNCC2)cc1. The Balaban J connectivity index is 1.77. The zero-order valence-electron chi connectivity index (χ0n) is 14.9. The van der Waals surface area contributed by atoms with E-state index in [1.54, 1.807) is 0 Å². The maximum atomic E-state index is 4.51. The van der Waals surface area contributed by atoms with E-state index in [9.17, 15) is 0 Å². The van der Waals surface area contributed by atoms with Crippen molar-refractivity contribution in [2.24, 2.45) is 10.2 Å². The van der Waals surface area contributed by atoms with Gasteiger partial charge in [0.05, 0.1) is 19.3 Å². The van der Waals surface area contributed by atoms with Gasteiger partial charge in [0.1, 0.15) is 11.4 Å². The van der Waals surface area contributed by atoms with Crippen molar-refractivity contribution in [2.75, 3.05) is 31.1 Å². The zero-order valence-corrected chi connectivity index (χ0v) is 14.9. The Hall–Kier alpha value is -2.21. The zero-order chi connectivity index (χ0) is 16.9. The number of aryl methyl sites for hydroxylation is 2. The van der Waals surface area contributed by atoms with E-state index in [0.29, 0.717) is 0 Å². The molecule has 0 spiro atoms. The number of hydrogen-bond donors (Lipinski definition) is 1. The molecule has 0 amide bonds. The van der Waals surface area contributed by atoms with Crippen molar-refractivity contribution in [3.05, 3.63) is 36.2 Å². The van der Waals surface area contributed by atoms with Crippen molar-refractivity contribution in [3.63, 3.8) is 0 Å². The van der Waals surface area contributed by atoms with Gasteiger partial charge in [-0.1, -0.05) is 5.11 Å². The topological polar surface area (TPSA) is 48.8 Å². The van der Waals surface area contributed by atoms with Gasteiger partial charge in [-0.2, -0.15) is 0 Å². The lowest BCUT2D eigenvalue weighted by Gasteiger charge is -2.29. The van der Waals surface area contributed by atoms with Crippen LogP contribution in [0.2, 0.25) is 0 Å². The third-order valence-corrected chi connectivity index (χ3v) is 4.51. The molecule has 2 aromatic rings. The predicted octanol–water partition coefficient (Wildman–Crippen LogP) is 2.95. The summed E-state index contributed by atoms with van der Waals surface area (Å²) in [6.07, 6.45) is 2.13. The molecule has 6 heteroatoms. The van der Waals surface area contributed by atoms with Gasteiger partial charge >= 0.3 is 5.95 Å². The van der Waals surface area contributed by atoms with Gasteiger partial charge in [0.25, 0.3) is 0 Å². The second-order valence-corrected chi connectivity index (χ2v) is 6.05. The van der Waals surface area contributed by atoms with Crippen LogP contribution in [0.25, 0.3) is 0 Å². The maximum absolute atomic E-state index is 4.51. The van der Waals surface area contributed by atoms with E-state index in [-0.39, 0.29) is 0 Å². The van der Waals surface area contributed by atoms with Crippen LogP contribution >= 0.6 is 0 Å². The summed E-state index contributed by atoms with van der Waals surface area (Å²) in [6, 6.07) is 8.36. The summed E-state index contributed by atoms with van der Waals surface area (Å²) in [5, 5.41) is 12.3. The number of hydrogen-bond acceptors (Lipinski definition) is 4. The van der Waals surface area contributed by atoms with Crippen molar-refractivity contribution >= 4 is 17.3 Å². The number of aromatic nitrogens is 2. The van der Waals surface area contributed by atoms with Crippen LogP contribution in [-0.4, -0.2) is 30.7 Å². The molecule has 0 aliphatic carbocycles. The second-order valence-electron chi connectivity index (χ2n) is 6.05. The third-order valence-electron chi connectivity index (χ3n) is 4.51. The number of nitrogens with zero attached hydrogens (tertiary/aromatic N) is 5. The first-order valence-corrected chi connectivity index (χ1v) is 8.80. The lowest BCUT2D eigenvalue weighted by atomic mass is 10.2. The van der Waals surface area contributed by atoms with Crippen molar-refractivity contribution in [1.82, 2.24) is 9.88 Å². The molecule has 2 heterocycles. The van der Waals surface area contributed by atoms with Gasteiger partial charge in [0.2, 0.25) is 0 Å². The first kappa shape index (κ1) is 16.6. The number of imidazole rings is 1. The second kappa shape index (κ2) is 7.57. The van der Waals surface area contributed by atoms with E-state index in [0.717, 1.165) is 50.9 Å². The van der Waals surface area contributed by atoms with E-state index < -0.39 is 0 Å². The lowest BCUT2D eigenvalue weighted by Crippen LogP contribution is -2.43. The highest BCUT2D eigenvalue weighted by atomic mass is 15.3. The Bertz CT molecular complexity index is 695. The molecule has 0 bridgehead atoms. The summed E-state index contributed by atoms with van der Waals surface area (Å²) in [5.74, 6) is 0.906. The Morgan fingerprint density at radius 1 is 1.08 bits per heavy atom. The number of azo groups is 1. The molecule has 1 aromatic carbocycles. The highest BCUT2D eigenvalue weighted by Gasteiger charge is 2.18. The number of rotatable bonds is 5. The largest absolute Gasteiger partial charge is 0.421 e. The van der Waals surface area contributed by atoms with Crippen LogP contribution in [0, 0.1) is 6.92 Å². The normalized spacial score (nSPS) is 15.4. The van der Waals surface area contributed by atoms with Crippen LogP contribution in [-0.2, 0) is 13.1 Å². The summed E-state index contributed by atoms with van der Waals surface area (Å²) in [7, 11) is 0. The predicted molar refractivity (Wildman–Crippen MR) is 96.4 cm³/mol. The van der Waals surface area contributed by atoms with E-state index in [4.69, 9.17) is 0 Å². The van der Waals surface area contributed by atoms with E-state index in [1.807, 2.05) is 12.1 Å². The molecule has 1 fully saturated rings. The number of nitrogens with one attached hydrogen (secondary N) is 1. The van der Waals surface area contributed by atoms with E-state index in [2.05, 4.69) is 68.7 Å². The fourth-order valence-electron chi connectivity index (χ4n) is 3.16. The molecule has 1 N–H and O–H groups in total. The monoisotopic (exact) mass is 327 g/mol. The van der Waals surface area contributed by atoms with Crippen LogP contribution in [0.15, 0.2) is 40.7 Å². The average molecular weight is 327 g/mol. The van der Waals surface area contributed by atoms with Gasteiger partial charge in [-0.05, 0) is 45.0 Å². The molecule has 0 saturated carbocycles. The Kier molecular flexibility index (Phi) is 5.25. The molecule has 1 aromatic heterocycles. The van der Waals surface area contributed by atoms with Crippen molar-refractivity contribution < 1.29 is 4.57 Å². The summed E-state index contributed by atoms with van der Waals surface area (Å²) in [6.45, 7) is 12.4. The summed E-state index contributed by atoms with van der Waals surface area (Å²) >= 11 is 0. The molecule has 1 aliphatic rings. The summed E-state index contributed by atoms with van der Waals surface area (Å²) in [4.78, 5) is 2.40. The summed E-state index contributed by atoms with van der Waals surface area (Å²) < 4.78 is 4.32. The Labute approximate surface area is 143 Å². The standard InChI is InChI=1S/C18H27N6/c1-4-22-14-15(3)24(5-2)18(22)21-20-16-6-8-17(9-7-16)23-12-10-19-11-13-23/h6-9,14,19H,4-5,10-13H2,1-3H3/q+1. The third kappa shape index (κ3) is 3.48. The highest BCUT2D eigenvalue weighted by Crippen LogP contribution is 2.22. The Morgan fingerprint density at radius 2 is 1.79 bits per heavy atom. The molecule has 24 heavy (non-hydrogen) atoms. The van der Waals surface area contributed by atoms with Gasteiger partial charge in [-0.25, -0.2) is 9.13 Å². The fourth-order valence-corrected chi connectivity index (χ4v) is 3.16. The molecule has 0 unspecified atom stereocenters. The van der Waals surface area contributed by atoms with Gasteiger partial charge in [-0.15, -0.1) is 0 Å². The minimum atomic E-state index is 0.887. The van der Waals surface area contributed by atoms with E-state index in [1.165, 1.54) is 11.4 Å². The number of anilines is 1. The smallest absolute Gasteiger partial charge is 0.369 e. The molecule has 1 saturated heterocycles. The van der Waals surface area contributed by atoms with Crippen LogP contribution < -0.4 is 14.8 Å². The van der Waals surface area contributed by atoms with Gasteiger partial charge < -0.3 is 10.2 Å². The van der Waals surface area contributed by atoms with Crippen molar-refractivity contribution in [3.8, 4) is 0 Å². The fraction of sp³-hybridized carbons (Fsp3) is 0.500.